The van der Waals surface area contributed by atoms with E-state index in [0.29, 0.717) is 16.6 Å². The monoisotopic (exact) mass is 329 g/mol. The van der Waals surface area contributed by atoms with Gasteiger partial charge in [-0.25, -0.2) is 0 Å². The number of nitrogens with zero attached hydrogens (tertiary/aromatic N) is 1. The second-order valence-corrected chi connectivity index (χ2v) is 5.31. The smallest absolute Gasteiger partial charge is 0.283 e. The van der Waals surface area contributed by atoms with E-state index in [2.05, 4.69) is 21.2 Å². The molecule has 0 aliphatic rings. The molecule has 0 saturated heterocycles. The number of benzene rings is 1. The third-order valence-corrected chi connectivity index (χ3v) is 3.66. The van der Waals surface area contributed by atoms with E-state index in [-0.39, 0.29) is 11.6 Å². The number of nitro groups is 1. The lowest BCUT2D eigenvalue weighted by molar-refractivity contribution is -0.385. The molecule has 0 bridgehead atoms. The molecule has 0 aliphatic carbocycles. The van der Waals surface area contributed by atoms with Crippen molar-refractivity contribution in [3.8, 4) is 0 Å². The van der Waals surface area contributed by atoms with Crippen molar-refractivity contribution < 1.29 is 9.72 Å². The van der Waals surface area contributed by atoms with Crippen LogP contribution in [-0.2, 0) is 11.3 Å². The molecule has 7 heteroatoms. The summed E-state index contributed by atoms with van der Waals surface area (Å²) in [6, 6.07) is 4.31. The van der Waals surface area contributed by atoms with E-state index < -0.39 is 16.9 Å². The van der Waals surface area contributed by atoms with E-state index in [0.717, 1.165) is 0 Å². The Morgan fingerprint density at radius 1 is 1.53 bits per heavy atom. The third-order valence-electron chi connectivity index (χ3n) is 2.74. The lowest BCUT2D eigenvalue weighted by Crippen LogP contribution is -2.44. The van der Waals surface area contributed by atoms with E-state index in [1.54, 1.807) is 12.1 Å². The number of hydrogen-bond donors (Lipinski definition) is 2. The number of hydrogen-bond acceptors (Lipinski definition) is 4. The Labute approximate surface area is 119 Å². The molecule has 0 fully saturated rings. The van der Waals surface area contributed by atoms with Gasteiger partial charge in [0.05, 0.1) is 15.4 Å². The maximum atomic E-state index is 11.3. The fourth-order valence-corrected chi connectivity index (χ4v) is 2.28. The van der Waals surface area contributed by atoms with Gasteiger partial charge in [-0.2, -0.15) is 0 Å². The summed E-state index contributed by atoms with van der Waals surface area (Å²) < 4.78 is 0.416. The fourth-order valence-electron chi connectivity index (χ4n) is 1.73. The number of nitrogens with one attached hydrogen (secondary N) is 1. The molecular formula is C12H16BrN3O3. The van der Waals surface area contributed by atoms with Crippen molar-refractivity contribution in [2.75, 3.05) is 0 Å². The van der Waals surface area contributed by atoms with Crippen molar-refractivity contribution in [2.24, 2.45) is 11.7 Å². The van der Waals surface area contributed by atoms with Gasteiger partial charge in [0.2, 0.25) is 5.91 Å². The van der Waals surface area contributed by atoms with Crippen LogP contribution in [0.2, 0.25) is 0 Å². The first kappa shape index (κ1) is 15.6. The predicted molar refractivity (Wildman–Crippen MR) is 75.5 cm³/mol. The molecule has 3 N–H and O–H groups in total. The number of amides is 1. The fraction of sp³-hybridized carbons (Fsp3) is 0.417. The molecule has 6 nitrogen and oxygen atoms in total. The van der Waals surface area contributed by atoms with Gasteiger partial charge in [-0.05, 0) is 27.4 Å². The summed E-state index contributed by atoms with van der Waals surface area (Å²) in [6.45, 7) is 4.09. The van der Waals surface area contributed by atoms with Gasteiger partial charge in [0.25, 0.3) is 5.69 Å². The molecular weight excluding hydrogens is 314 g/mol. The van der Waals surface area contributed by atoms with Crippen LogP contribution < -0.4 is 11.1 Å². The van der Waals surface area contributed by atoms with E-state index in [1.165, 1.54) is 6.07 Å². The van der Waals surface area contributed by atoms with Crippen LogP contribution >= 0.6 is 15.9 Å². The zero-order valence-electron chi connectivity index (χ0n) is 10.7. The minimum atomic E-state index is -0.467. The Kier molecular flexibility index (Phi) is 5.44. The van der Waals surface area contributed by atoms with Gasteiger partial charge in [0.1, 0.15) is 0 Å². The first-order chi connectivity index (χ1) is 8.84. The second kappa shape index (κ2) is 6.63. The topological polar surface area (TPSA) is 98.3 Å². The van der Waals surface area contributed by atoms with Crippen molar-refractivity contribution in [1.82, 2.24) is 5.32 Å². The number of nitro benzene ring substituents is 1. The number of carbonyl (C=O) groups excluding carboxylic acids is 1. The average molecular weight is 330 g/mol. The van der Waals surface area contributed by atoms with Gasteiger partial charge in [-0.1, -0.05) is 26.0 Å². The standard InChI is InChI=1S/C12H16BrN3O3/c1-7(2)11(12(14)17)15-6-8-4-3-5-9(10(8)13)16(18)19/h3-5,7,11,15H,6H2,1-2H3,(H2,14,17). The summed E-state index contributed by atoms with van der Waals surface area (Å²) in [6.07, 6.45) is 0. The number of carbonyl (C=O) groups is 1. The number of halogens is 1. The highest BCUT2D eigenvalue weighted by atomic mass is 79.9. The molecule has 0 radical (unpaired) electrons. The molecule has 0 aromatic heterocycles. The highest BCUT2D eigenvalue weighted by Crippen LogP contribution is 2.28. The zero-order valence-corrected chi connectivity index (χ0v) is 12.3. The highest BCUT2D eigenvalue weighted by molar-refractivity contribution is 9.10. The van der Waals surface area contributed by atoms with E-state index >= 15 is 0 Å². The molecule has 0 saturated carbocycles. The summed E-state index contributed by atoms with van der Waals surface area (Å²) in [5.74, 6) is -0.383. The van der Waals surface area contributed by atoms with Crippen LogP contribution in [-0.4, -0.2) is 16.9 Å². The first-order valence-corrected chi connectivity index (χ1v) is 6.58. The second-order valence-electron chi connectivity index (χ2n) is 4.51. The Morgan fingerprint density at radius 2 is 2.16 bits per heavy atom. The third kappa shape index (κ3) is 4.00. The summed E-state index contributed by atoms with van der Waals surface area (Å²) in [5, 5.41) is 13.8. The van der Waals surface area contributed by atoms with Gasteiger partial charge in [0.15, 0.2) is 0 Å². The van der Waals surface area contributed by atoms with Crippen LogP contribution in [0.5, 0.6) is 0 Å². The van der Waals surface area contributed by atoms with Crippen molar-refractivity contribution in [3.63, 3.8) is 0 Å². The largest absolute Gasteiger partial charge is 0.368 e. The van der Waals surface area contributed by atoms with Crippen molar-refractivity contribution in [2.45, 2.75) is 26.4 Å². The minimum Gasteiger partial charge on any atom is -0.368 e. The van der Waals surface area contributed by atoms with Crippen LogP contribution in [0, 0.1) is 16.0 Å². The van der Waals surface area contributed by atoms with Crippen LogP contribution in [0.4, 0.5) is 5.69 Å². The zero-order chi connectivity index (χ0) is 14.6. The molecule has 19 heavy (non-hydrogen) atoms. The number of rotatable bonds is 6. The summed E-state index contributed by atoms with van der Waals surface area (Å²) in [5.41, 5.74) is 6.01. The lowest BCUT2D eigenvalue weighted by Gasteiger charge is -2.19. The Hall–Kier alpha value is -1.47. The SMILES string of the molecule is CC(C)C(NCc1cccc([N+](=O)[O-])c1Br)C(N)=O. The van der Waals surface area contributed by atoms with Crippen molar-refractivity contribution in [3.05, 3.63) is 38.3 Å². The first-order valence-electron chi connectivity index (χ1n) is 5.79. The van der Waals surface area contributed by atoms with Crippen LogP contribution in [0.25, 0.3) is 0 Å². The van der Waals surface area contributed by atoms with Gasteiger partial charge in [-0.3, -0.25) is 14.9 Å². The lowest BCUT2D eigenvalue weighted by atomic mass is 10.0. The maximum Gasteiger partial charge on any atom is 0.283 e. The molecule has 1 atom stereocenters. The summed E-state index contributed by atoms with van der Waals surface area (Å²) in [4.78, 5) is 21.6. The quantitative estimate of drug-likeness (QED) is 0.615. The predicted octanol–water partition coefficient (Wildman–Crippen LogP) is 1.96. The highest BCUT2D eigenvalue weighted by Gasteiger charge is 2.20. The molecule has 0 heterocycles. The van der Waals surface area contributed by atoms with Crippen LogP contribution in [0.3, 0.4) is 0 Å². The molecule has 1 amide bonds. The maximum absolute atomic E-state index is 11.3. The molecule has 104 valence electrons. The number of nitrogens with two attached hydrogens (primary N) is 1. The van der Waals surface area contributed by atoms with Crippen molar-refractivity contribution in [1.29, 1.82) is 0 Å². The minimum absolute atomic E-state index is 0.000489. The van der Waals surface area contributed by atoms with E-state index in [9.17, 15) is 14.9 Å². The van der Waals surface area contributed by atoms with Gasteiger partial charge in [-0.15, -0.1) is 0 Å². The molecule has 1 rings (SSSR count). The van der Waals surface area contributed by atoms with E-state index in [1.807, 2.05) is 13.8 Å². The van der Waals surface area contributed by atoms with Crippen LogP contribution in [0.1, 0.15) is 19.4 Å². The Bertz CT molecular complexity index is 491. The van der Waals surface area contributed by atoms with Crippen molar-refractivity contribution >= 4 is 27.5 Å². The van der Waals surface area contributed by atoms with Gasteiger partial charge < -0.3 is 11.1 Å². The molecule has 0 spiro atoms. The normalized spacial score (nSPS) is 12.4. The van der Waals surface area contributed by atoms with Gasteiger partial charge >= 0.3 is 0 Å². The van der Waals surface area contributed by atoms with Crippen LogP contribution in [0.15, 0.2) is 22.7 Å². The molecule has 1 aromatic rings. The molecule has 0 aliphatic heterocycles. The Balaban J connectivity index is 2.86. The summed E-state index contributed by atoms with van der Waals surface area (Å²) in [7, 11) is 0. The molecule has 1 unspecified atom stereocenters. The molecule has 1 aromatic carbocycles. The summed E-state index contributed by atoms with van der Waals surface area (Å²) >= 11 is 3.21. The van der Waals surface area contributed by atoms with Gasteiger partial charge in [0, 0.05) is 12.6 Å². The Morgan fingerprint density at radius 3 is 2.63 bits per heavy atom. The average Bonchev–Trinajstić information content (AvgIpc) is 2.30. The number of primary amides is 1. The van der Waals surface area contributed by atoms with E-state index in [4.69, 9.17) is 5.73 Å².